The van der Waals surface area contributed by atoms with E-state index in [4.69, 9.17) is 4.74 Å². The number of methoxy groups -OCH3 is 1. The molecule has 3 aromatic carbocycles. The summed E-state index contributed by atoms with van der Waals surface area (Å²) in [5.74, 6) is 0.454. The summed E-state index contributed by atoms with van der Waals surface area (Å²) in [7, 11) is -1.98. The van der Waals surface area contributed by atoms with Crippen molar-refractivity contribution in [1.82, 2.24) is 4.72 Å². The van der Waals surface area contributed by atoms with E-state index in [-0.39, 0.29) is 10.7 Å². The summed E-state index contributed by atoms with van der Waals surface area (Å²) in [6, 6.07) is 16.7. The zero-order chi connectivity index (χ0) is 18.6. The first-order chi connectivity index (χ1) is 12.5. The normalized spacial score (nSPS) is 11.6. The predicted molar refractivity (Wildman–Crippen MR) is 100 cm³/mol. The number of fused-ring (bicyclic) bond motifs is 1. The van der Waals surface area contributed by atoms with Crippen molar-refractivity contribution in [3.63, 3.8) is 0 Å². The van der Waals surface area contributed by atoms with E-state index in [0.717, 1.165) is 22.1 Å². The Hall–Kier alpha value is -2.44. The summed E-state index contributed by atoms with van der Waals surface area (Å²) in [6.45, 7) is 0.320. The maximum atomic E-state index is 12.9. The summed E-state index contributed by atoms with van der Waals surface area (Å²) < 4.78 is 45.6. The van der Waals surface area contributed by atoms with Crippen LogP contribution >= 0.6 is 0 Å². The molecule has 0 atom stereocenters. The molecule has 0 radical (unpaired) electrons. The number of rotatable bonds is 7. The Morgan fingerprint density at radius 1 is 0.962 bits per heavy atom. The van der Waals surface area contributed by atoms with Gasteiger partial charge in [-0.15, -0.1) is 0 Å². The molecule has 3 rings (SSSR count). The minimum absolute atomic E-state index is 0.233. The molecule has 0 spiro atoms. The molecule has 6 heteroatoms. The van der Waals surface area contributed by atoms with Gasteiger partial charge in [-0.2, -0.15) is 0 Å². The highest BCUT2D eigenvalue weighted by Gasteiger charge is 2.14. The number of halogens is 1. The lowest BCUT2D eigenvalue weighted by atomic mass is 10.1. The number of ether oxygens (including phenoxy) is 1. The van der Waals surface area contributed by atoms with Crippen LogP contribution < -0.4 is 9.46 Å². The van der Waals surface area contributed by atoms with Crippen molar-refractivity contribution < 1.29 is 17.5 Å². The Kier molecular flexibility index (Phi) is 5.54. The number of aryl methyl sites for hydroxylation is 1. The molecule has 0 aromatic heterocycles. The molecule has 0 heterocycles. The zero-order valence-corrected chi connectivity index (χ0v) is 15.2. The monoisotopic (exact) mass is 373 g/mol. The van der Waals surface area contributed by atoms with E-state index in [0.29, 0.717) is 19.4 Å². The first-order valence-electron chi connectivity index (χ1n) is 8.30. The molecule has 4 nitrogen and oxygen atoms in total. The molecule has 0 aliphatic rings. The van der Waals surface area contributed by atoms with E-state index >= 15 is 0 Å². The molecule has 3 aromatic rings. The second kappa shape index (κ2) is 7.85. The van der Waals surface area contributed by atoms with Crippen LogP contribution in [0.3, 0.4) is 0 Å². The second-order valence-electron chi connectivity index (χ2n) is 6.00. The van der Waals surface area contributed by atoms with Crippen LogP contribution in [0.15, 0.2) is 65.6 Å². The molecule has 0 saturated carbocycles. The summed E-state index contributed by atoms with van der Waals surface area (Å²) in [5.41, 5.74) is 0.977. The van der Waals surface area contributed by atoms with E-state index in [1.807, 2.05) is 12.1 Å². The molecule has 26 heavy (non-hydrogen) atoms. The van der Waals surface area contributed by atoms with Crippen molar-refractivity contribution in [1.29, 1.82) is 0 Å². The van der Waals surface area contributed by atoms with Gasteiger partial charge in [0.05, 0.1) is 12.0 Å². The molecule has 0 amide bonds. The first kappa shape index (κ1) is 18.4. The van der Waals surface area contributed by atoms with Crippen molar-refractivity contribution in [2.24, 2.45) is 0 Å². The quantitative estimate of drug-likeness (QED) is 0.639. The fourth-order valence-electron chi connectivity index (χ4n) is 2.73. The maximum absolute atomic E-state index is 12.9. The minimum atomic E-state index is -3.57. The Morgan fingerprint density at radius 3 is 2.38 bits per heavy atom. The zero-order valence-electron chi connectivity index (χ0n) is 14.4. The highest BCUT2D eigenvalue weighted by Crippen LogP contribution is 2.23. The highest BCUT2D eigenvalue weighted by atomic mass is 32.2. The molecule has 0 unspecified atom stereocenters. The van der Waals surface area contributed by atoms with E-state index in [1.54, 1.807) is 43.5 Å². The van der Waals surface area contributed by atoms with Crippen LogP contribution in [-0.2, 0) is 16.4 Å². The standard InChI is InChI=1S/C20H20FNO3S/c1-25-19-10-6-17-14-20(11-7-16(17)13-19)26(23,24)22-12-2-3-15-4-8-18(21)9-5-15/h4-11,13-14,22H,2-3,12H2,1H3. The van der Waals surface area contributed by atoms with E-state index in [1.165, 1.54) is 12.1 Å². The second-order valence-corrected chi connectivity index (χ2v) is 7.77. The highest BCUT2D eigenvalue weighted by molar-refractivity contribution is 7.89. The van der Waals surface area contributed by atoms with Crippen molar-refractivity contribution in [2.75, 3.05) is 13.7 Å². The lowest BCUT2D eigenvalue weighted by Crippen LogP contribution is -2.25. The fourth-order valence-corrected chi connectivity index (χ4v) is 3.84. The largest absolute Gasteiger partial charge is 0.497 e. The van der Waals surface area contributed by atoms with Gasteiger partial charge in [0.15, 0.2) is 0 Å². The SMILES string of the molecule is COc1ccc2cc(S(=O)(=O)NCCCc3ccc(F)cc3)ccc2c1. The molecule has 136 valence electrons. The van der Waals surface area contributed by atoms with Gasteiger partial charge >= 0.3 is 0 Å². The number of hydrogen-bond acceptors (Lipinski definition) is 3. The first-order valence-corrected chi connectivity index (χ1v) is 9.78. The molecule has 0 aliphatic carbocycles. The van der Waals surface area contributed by atoms with Crippen LogP contribution in [0.5, 0.6) is 5.75 Å². The minimum Gasteiger partial charge on any atom is -0.497 e. The van der Waals surface area contributed by atoms with E-state index < -0.39 is 10.0 Å². The predicted octanol–water partition coefficient (Wildman–Crippen LogP) is 3.90. The molecular formula is C20H20FNO3S. The van der Waals surface area contributed by atoms with Gasteiger partial charge in [0.25, 0.3) is 0 Å². The van der Waals surface area contributed by atoms with Crippen LogP contribution in [0.4, 0.5) is 4.39 Å². The summed E-state index contributed by atoms with van der Waals surface area (Å²) >= 11 is 0. The smallest absolute Gasteiger partial charge is 0.240 e. The van der Waals surface area contributed by atoms with Gasteiger partial charge in [0.1, 0.15) is 11.6 Å². The van der Waals surface area contributed by atoms with Crippen LogP contribution in [0.25, 0.3) is 10.8 Å². The van der Waals surface area contributed by atoms with Crippen molar-refractivity contribution in [3.05, 3.63) is 72.0 Å². The van der Waals surface area contributed by atoms with Gasteiger partial charge in [-0.25, -0.2) is 17.5 Å². The van der Waals surface area contributed by atoms with Crippen molar-refractivity contribution in [2.45, 2.75) is 17.7 Å². The van der Waals surface area contributed by atoms with Crippen LogP contribution in [-0.4, -0.2) is 22.1 Å². The van der Waals surface area contributed by atoms with Gasteiger partial charge in [0.2, 0.25) is 10.0 Å². The van der Waals surface area contributed by atoms with Gasteiger partial charge in [-0.05, 0) is 65.6 Å². The van der Waals surface area contributed by atoms with Gasteiger partial charge in [-0.1, -0.05) is 24.3 Å². The molecule has 0 fully saturated rings. The molecule has 1 N–H and O–H groups in total. The van der Waals surface area contributed by atoms with Crippen LogP contribution in [0, 0.1) is 5.82 Å². The Bertz CT molecular complexity index is 1000. The Morgan fingerprint density at radius 2 is 1.65 bits per heavy atom. The average Bonchev–Trinajstić information content (AvgIpc) is 2.65. The molecule has 0 saturated heterocycles. The van der Waals surface area contributed by atoms with Crippen molar-refractivity contribution >= 4 is 20.8 Å². The number of sulfonamides is 1. The van der Waals surface area contributed by atoms with E-state index in [2.05, 4.69) is 4.72 Å². The van der Waals surface area contributed by atoms with Crippen LogP contribution in [0.1, 0.15) is 12.0 Å². The summed E-state index contributed by atoms with van der Waals surface area (Å²) in [5, 5.41) is 1.75. The summed E-state index contributed by atoms with van der Waals surface area (Å²) in [6.07, 6.45) is 1.32. The van der Waals surface area contributed by atoms with Gasteiger partial charge in [0, 0.05) is 6.54 Å². The Labute approximate surface area is 152 Å². The van der Waals surface area contributed by atoms with Crippen LogP contribution in [0.2, 0.25) is 0 Å². The maximum Gasteiger partial charge on any atom is 0.240 e. The fraction of sp³-hybridized carbons (Fsp3) is 0.200. The third-order valence-corrected chi connectivity index (χ3v) is 5.64. The van der Waals surface area contributed by atoms with Crippen molar-refractivity contribution in [3.8, 4) is 5.75 Å². The lowest BCUT2D eigenvalue weighted by molar-refractivity contribution is 0.415. The third kappa shape index (κ3) is 4.39. The lowest BCUT2D eigenvalue weighted by Gasteiger charge is -2.09. The van der Waals surface area contributed by atoms with E-state index in [9.17, 15) is 12.8 Å². The van der Waals surface area contributed by atoms with Gasteiger partial charge < -0.3 is 4.74 Å². The summed E-state index contributed by atoms with van der Waals surface area (Å²) in [4.78, 5) is 0.233. The van der Waals surface area contributed by atoms with Gasteiger partial charge in [-0.3, -0.25) is 0 Å². The topological polar surface area (TPSA) is 55.4 Å². The number of hydrogen-bond donors (Lipinski definition) is 1. The molecular weight excluding hydrogens is 353 g/mol. The Balaban J connectivity index is 1.63. The molecule has 0 bridgehead atoms. The average molecular weight is 373 g/mol. The third-order valence-electron chi connectivity index (χ3n) is 4.18. The number of nitrogens with one attached hydrogen (secondary N) is 1. The number of benzene rings is 3. The molecule has 0 aliphatic heterocycles.